The first-order valence-corrected chi connectivity index (χ1v) is 12.3. The van der Waals surface area contributed by atoms with Crippen LogP contribution in [-0.4, -0.2) is 30.1 Å². The molecular formula is C27H42O4. The summed E-state index contributed by atoms with van der Waals surface area (Å²) in [5.41, 5.74) is 0.341. The van der Waals surface area contributed by atoms with E-state index in [9.17, 15) is 14.7 Å². The number of Topliss-reactive ketones (excluding diaryl/α,β-unsaturated/α-hetero) is 1. The van der Waals surface area contributed by atoms with Crippen molar-refractivity contribution in [3.05, 3.63) is 11.6 Å². The molecule has 0 radical (unpaired) electrons. The van der Waals surface area contributed by atoms with Gasteiger partial charge < -0.3 is 9.84 Å². The third kappa shape index (κ3) is 3.52. The fourth-order valence-corrected chi connectivity index (χ4v) is 8.64. The van der Waals surface area contributed by atoms with Gasteiger partial charge in [0.2, 0.25) is 0 Å². The maximum absolute atomic E-state index is 14.1. The average molecular weight is 434 g/mol. The minimum atomic E-state index is -2.31. The second kappa shape index (κ2) is 8.32. The molecule has 4 heteroatoms. The lowest BCUT2D eigenvalue weighted by Crippen LogP contribution is -2.58. The highest BCUT2D eigenvalue weighted by Crippen LogP contribution is 2.68. The van der Waals surface area contributed by atoms with Crippen molar-refractivity contribution in [1.82, 2.24) is 0 Å². The minimum Gasteiger partial charge on any atom is -0.469 e. The van der Waals surface area contributed by atoms with Crippen LogP contribution in [0.15, 0.2) is 11.6 Å². The maximum Gasteiger partial charge on any atom is 0.305 e. The van der Waals surface area contributed by atoms with E-state index in [1.807, 2.05) is 0 Å². The Morgan fingerprint density at radius 3 is 2.65 bits per heavy atom. The Morgan fingerprint density at radius 2 is 1.94 bits per heavy atom. The van der Waals surface area contributed by atoms with Gasteiger partial charge in [0.25, 0.3) is 0 Å². The van der Waals surface area contributed by atoms with Crippen LogP contribution >= 0.6 is 0 Å². The Kier molecular flexibility index (Phi) is 5.18. The van der Waals surface area contributed by atoms with Gasteiger partial charge in [-0.3, -0.25) is 9.59 Å². The molecule has 0 aromatic rings. The first-order chi connectivity index (χ1) is 15.8. The standard InChI is InChI=1S/C27H42O4/c1-6-18-22-15-17(28)11-13-27(22,4)21-12-14-26(3)19(16(2)7-10-23(29)31-5)8-9-20(26)24(21)25(18)30/h6,16-17,19-22,24,28H,7-15H2,1-5H3/t16?,17-,19-,20+,21+,22+,24+,26-,27-/m1/s1/i1D3. The van der Waals surface area contributed by atoms with Gasteiger partial charge in [-0.25, -0.2) is 0 Å². The number of hydrogen-bond donors (Lipinski definition) is 1. The number of esters is 1. The first-order valence-electron chi connectivity index (χ1n) is 13.8. The summed E-state index contributed by atoms with van der Waals surface area (Å²) in [4.78, 5) is 25.8. The van der Waals surface area contributed by atoms with E-state index in [2.05, 4.69) is 20.8 Å². The van der Waals surface area contributed by atoms with Crippen molar-refractivity contribution < 1.29 is 23.5 Å². The summed E-state index contributed by atoms with van der Waals surface area (Å²) in [5.74, 6) is 0.863. The number of carbonyl (C=O) groups is 2. The molecule has 0 bridgehead atoms. The zero-order chi connectivity index (χ0) is 25.1. The Hall–Kier alpha value is -1.16. The highest BCUT2D eigenvalue weighted by molar-refractivity contribution is 5.99. The molecule has 0 saturated heterocycles. The number of carbonyl (C=O) groups excluding carboxylic acids is 2. The van der Waals surface area contributed by atoms with Crippen molar-refractivity contribution in [2.75, 3.05) is 7.11 Å². The summed E-state index contributed by atoms with van der Waals surface area (Å²) in [6.07, 6.45) is 8.15. The van der Waals surface area contributed by atoms with E-state index < -0.39 is 13.0 Å². The number of methoxy groups -OCH3 is 1. The molecule has 9 atom stereocenters. The third-order valence-corrected chi connectivity index (χ3v) is 10.3. The van der Waals surface area contributed by atoms with Crippen LogP contribution in [0.1, 0.15) is 89.5 Å². The van der Waals surface area contributed by atoms with Crippen molar-refractivity contribution in [2.45, 2.75) is 91.5 Å². The average Bonchev–Trinajstić information content (AvgIpc) is 3.12. The van der Waals surface area contributed by atoms with Gasteiger partial charge in [0.1, 0.15) is 0 Å². The Bertz CT molecular complexity index is 851. The molecule has 4 rings (SSSR count). The monoisotopic (exact) mass is 433 g/mol. The Labute approximate surface area is 192 Å². The first kappa shape index (κ1) is 19.3. The molecule has 0 spiro atoms. The van der Waals surface area contributed by atoms with Gasteiger partial charge in [-0.15, -0.1) is 0 Å². The molecule has 0 aromatic carbocycles. The van der Waals surface area contributed by atoms with Crippen LogP contribution in [0, 0.1) is 46.3 Å². The zero-order valence-electron chi connectivity index (χ0n) is 22.7. The van der Waals surface area contributed by atoms with E-state index in [1.165, 1.54) is 13.2 Å². The molecule has 174 valence electrons. The van der Waals surface area contributed by atoms with Crippen molar-refractivity contribution in [1.29, 1.82) is 0 Å². The summed E-state index contributed by atoms with van der Waals surface area (Å²) in [5, 5.41) is 10.4. The number of fused-ring (bicyclic) bond motifs is 5. The fraction of sp³-hybridized carbons (Fsp3) is 0.852. The van der Waals surface area contributed by atoms with Crippen LogP contribution in [0.25, 0.3) is 0 Å². The van der Waals surface area contributed by atoms with E-state index >= 15 is 0 Å². The molecule has 0 aliphatic heterocycles. The zero-order valence-corrected chi connectivity index (χ0v) is 19.7. The lowest BCUT2D eigenvalue weighted by atomic mass is 9.43. The van der Waals surface area contributed by atoms with Crippen LogP contribution in [0.3, 0.4) is 0 Å². The Morgan fingerprint density at radius 1 is 1.23 bits per heavy atom. The van der Waals surface area contributed by atoms with E-state index in [0.29, 0.717) is 30.3 Å². The van der Waals surface area contributed by atoms with Crippen LogP contribution in [-0.2, 0) is 14.3 Å². The Balaban J connectivity index is 1.67. The molecule has 4 fully saturated rings. The summed E-state index contributed by atoms with van der Waals surface area (Å²) in [6.45, 7) is 4.53. The molecular weight excluding hydrogens is 388 g/mol. The quantitative estimate of drug-likeness (QED) is 0.481. The minimum absolute atomic E-state index is 0.0227. The summed E-state index contributed by atoms with van der Waals surface area (Å²) in [7, 11) is 1.43. The normalized spacial score (nSPS) is 48.6. The predicted octanol–water partition coefficient (Wildman–Crippen LogP) is 5.33. The number of ether oxygens (including phenoxy) is 1. The molecule has 0 heterocycles. The topological polar surface area (TPSA) is 63.6 Å². The molecule has 0 amide bonds. The maximum atomic E-state index is 14.1. The molecule has 0 aromatic heterocycles. The van der Waals surface area contributed by atoms with Gasteiger partial charge in [-0.05, 0) is 104 Å². The van der Waals surface area contributed by atoms with Crippen molar-refractivity contribution in [3.63, 3.8) is 0 Å². The van der Waals surface area contributed by atoms with Crippen LogP contribution < -0.4 is 0 Å². The highest BCUT2D eigenvalue weighted by atomic mass is 16.5. The molecule has 4 nitrogen and oxygen atoms in total. The lowest BCUT2D eigenvalue weighted by molar-refractivity contribution is -0.150. The number of ketones is 1. The van der Waals surface area contributed by atoms with Crippen molar-refractivity contribution in [2.24, 2.45) is 46.3 Å². The van der Waals surface area contributed by atoms with Crippen LogP contribution in [0.5, 0.6) is 0 Å². The SMILES string of the molecule is [2H]C([2H])([2H])C=C1C(=O)[C@@H]2[C@H](CC[C@]3(C)[C@@H](C(C)CCC(=O)OC)CC[C@@H]23)[C@@]2(C)CC[C@@H](O)C[C@@H]12. The fourth-order valence-electron chi connectivity index (χ4n) is 8.64. The van der Waals surface area contributed by atoms with Crippen LogP contribution in [0.2, 0.25) is 0 Å². The van der Waals surface area contributed by atoms with Crippen LogP contribution in [0.4, 0.5) is 0 Å². The van der Waals surface area contributed by atoms with E-state index in [1.54, 1.807) is 0 Å². The van der Waals surface area contributed by atoms with E-state index in [0.717, 1.165) is 44.9 Å². The summed E-state index contributed by atoms with van der Waals surface area (Å²) < 4.78 is 28.5. The highest BCUT2D eigenvalue weighted by Gasteiger charge is 2.64. The summed E-state index contributed by atoms with van der Waals surface area (Å²) in [6, 6.07) is 0. The smallest absolute Gasteiger partial charge is 0.305 e. The second-order valence-corrected chi connectivity index (χ2v) is 11.5. The van der Waals surface area contributed by atoms with E-state index in [4.69, 9.17) is 8.85 Å². The van der Waals surface area contributed by atoms with Crippen molar-refractivity contribution >= 4 is 11.8 Å². The van der Waals surface area contributed by atoms with Gasteiger partial charge in [0, 0.05) is 16.5 Å². The molecule has 1 N–H and O–H groups in total. The third-order valence-electron chi connectivity index (χ3n) is 10.3. The molecule has 4 aliphatic carbocycles. The number of hydrogen-bond acceptors (Lipinski definition) is 4. The summed E-state index contributed by atoms with van der Waals surface area (Å²) >= 11 is 0. The largest absolute Gasteiger partial charge is 0.469 e. The molecule has 4 saturated carbocycles. The number of rotatable bonds is 4. The van der Waals surface area contributed by atoms with Gasteiger partial charge in [-0.1, -0.05) is 26.8 Å². The second-order valence-electron chi connectivity index (χ2n) is 11.5. The molecule has 31 heavy (non-hydrogen) atoms. The molecule has 1 unspecified atom stereocenters. The van der Waals surface area contributed by atoms with E-state index in [-0.39, 0.29) is 46.3 Å². The van der Waals surface area contributed by atoms with Gasteiger partial charge >= 0.3 is 5.97 Å². The number of aliphatic hydroxyl groups excluding tert-OH is 1. The van der Waals surface area contributed by atoms with Crippen molar-refractivity contribution in [3.8, 4) is 0 Å². The number of allylic oxidation sites excluding steroid dienone is 2. The number of aliphatic hydroxyl groups is 1. The van der Waals surface area contributed by atoms with Gasteiger partial charge in [0.15, 0.2) is 5.78 Å². The predicted molar refractivity (Wildman–Crippen MR) is 121 cm³/mol. The molecule has 4 aliphatic rings. The lowest BCUT2D eigenvalue weighted by Gasteiger charge is -2.61. The van der Waals surface area contributed by atoms with Gasteiger partial charge in [0.05, 0.1) is 13.2 Å². The van der Waals surface area contributed by atoms with Gasteiger partial charge in [-0.2, -0.15) is 0 Å².